The van der Waals surface area contributed by atoms with Gasteiger partial charge in [-0.25, -0.2) is 24.2 Å². The molecular formula is C12H12F2N4. The number of halogens is 2. The number of nitrogens with two attached hydrogens (primary N) is 1. The molecule has 0 spiro atoms. The lowest BCUT2D eigenvalue weighted by Crippen LogP contribution is -2.30. The van der Waals surface area contributed by atoms with Crippen LogP contribution in [0, 0.1) is 18.6 Å². The summed E-state index contributed by atoms with van der Waals surface area (Å²) in [4.78, 5) is 8.22. The summed E-state index contributed by atoms with van der Waals surface area (Å²) < 4.78 is 26.0. The van der Waals surface area contributed by atoms with E-state index in [-0.39, 0.29) is 0 Å². The summed E-state index contributed by atoms with van der Waals surface area (Å²) in [5.41, 5.74) is 3.85. The van der Waals surface area contributed by atoms with Crippen molar-refractivity contribution in [2.75, 3.05) is 0 Å². The minimum absolute atomic E-state index is 0.397. The molecule has 0 bridgehead atoms. The third-order valence-electron chi connectivity index (χ3n) is 2.50. The molecule has 1 atom stereocenters. The number of nitrogens with zero attached hydrogens (tertiary/aromatic N) is 2. The van der Waals surface area contributed by atoms with E-state index in [1.165, 1.54) is 6.07 Å². The van der Waals surface area contributed by atoms with Crippen LogP contribution in [-0.4, -0.2) is 9.97 Å². The van der Waals surface area contributed by atoms with E-state index >= 15 is 0 Å². The first kappa shape index (κ1) is 12.5. The smallest absolute Gasteiger partial charge is 0.159 e. The average Bonchev–Trinajstić information content (AvgIpc) is 2.37. The van der Waals surface area contributed by atoms with E-state index in [9.17, 15) is 8.78 Å². The number of aryl methyl sites for hydroxylation is 1. The fourth-order valence-electron chi connectivity index (χ4n) is 1.56. The van der Waals surface area contributed by atoms with E-state index < -0.39 is 17.7 Å². The van der Waals surface area contributed by atoms with E-state index in [0.29, 0.717) is 11.4 Å². The Hall–Kier alpha value is -1.92. The van der Waals surface area contributed by atoms with Gasteiger partial charge in [-0.15, -0.1) is 0 Å². The fraction of sp³-hybridized carbons (Fsp3) is 0.167. The highest BCUT2D eigenvalue weighted by atomic mass is 19.2. The lowest BCUT2D eigenvalue weighted by molar-refractivity contribution is 0.502. The minimum Gasteiger partial charge on any atom is -0.270 e. The number of aromatic nitrogens is 2. The van der Waals surface area contributed by atoms with Crippen LogP contribution in [0.1, 0.15) is 23.0 Å². The van der Waals surface area contributed by atoms with Crippen LogP contribution in [0.5, 0.6) is 0 Å². The molecule has 2 aromatic rings. The van der Waals surface area contributed by atoms with E-state index in [1.807, 2.05) is 6.92 Å². The Labute approximate surface area is 103 Å². The van der Waals surface area contributed by atoms with E-state index in [4.69, 9.17) is 5.84 Å². The van der Waals surface area contributed by atoms with Crippen LogP contribution in [0.25, 0.3) is 0 Å². The first-order valence-electron chi connectivity index (χ1n) is 5.31. The highest BCUT2D eigenvalue weighted by Gasteiger charge is 2.16. The maximum Gasteiger partial charge on any atom is 0.159 e. The van der Waals surface area contributed by atoms with Gasteiger partial charge in [0.2, 0.25) is 0 Å². The van der Waals surface area contributed by atoms with Crippen molar-refractivity contribution in [1.29, 1.82) is 0 Å². The van der Waals surface area contributed by atoms with Crippen LogP contribution in [0.4, 0.5) is 8.78 Å². The van der Waals surface area contributed by atoms with Gasteiger partial charge in [0.1, 0.15) is 6.04 Å². The van der Waals surface area contributed by atoms with Gasteiger partial charge in [0.05, 0.1) is 0 Å². The molecule has 94 valence electrons. The number of rotatable bonds is 3. The van der Waals surface area contributed by atoms with Crippen LogP contribution in [-0.2, 0) is 0 Å². The molecule has 0 saturated heterocycles. The molecule has 0 radical (unpaired) electrons. The van der Waals surface area contributed by atoms with Gasteiger partial charge in [0.15, 0.2) is 17.5 Å². The molecule has 4 nitrogen and oxygen atoms in total. The Kier molecular flexibility index (Phi) is 3.59. The zero-order valence-corrected chi connectivity index (χ0v) is 9.69. The van der Waals surface area contributed by atoms with Crippen molar-refractivity contribution in [2.45, 2.75) is 13.0 Å². The average molecular weight is 250 g/mol. The second kappa shape index (κ2) is 5.16. The largest absolute Gasteiger partial charge is 0.270 e. The first-order valence-corrected chi connectivity index (χ1v) is 5.31. The van der Waals surface area contributed by atoms with E-state index in [0.717, 1.165) is 17.7 Å². The van der Waals surface area contributed by atoms with Gasteiger partial charge in [-0.1, -0.05) is 6.07 Å². The number of hydrazine groups is 1. The topological polar surface area (TPSA) is 63.8 Å². The Morgan fingerprint density at radius 2 is 1.83 bits per heavy atom. The van der Waals surface area contributed by atoms with Gasteiger partial charge >= 0.3 is 0 Å². The summed E-state index contributed by atoms with van der Waals surface area (Å²) in [6, 6.07) is 2.97. The molecule has 1 unspecified atom stereocenters. The third kappa shape index (κ3) is 2.49. The summed E-state index contributed by atoms with van der Waals surface area (Å²) in [5.74, 6) is 3.98. The molecular weight excluding hydrogens is 238 g/mol. The van der Waals surface area contributed by atoms with Crippen LogP contribution in [0.2, 0.25) is 0 Å². The number of benzene rings is 1. The molecule has 2 rings (SSSR count). The highest BCUT2D eigenvalue weighted by Crippen LogP contribution is 2.20. The van der Waals surface area contributed by atoms with Crippen LogP contribution in [0.15, 0.2) is 30.6 Å². The predicted molar refractivity (Wildman–Crippen MR) is 62.3 cm³/mol. The summed E-state index contributed by atoms with van der Waals surface area (Å²) >= 11 is 0. The van der Waals surface area contributed by atoms with Crippen molar-refractivity contribution < 1.29 is 8.78 Å². The van der Waals surface area contributed by atoms with Gasteiger partial charge < -0.3 is 0 Å². The molecule has 0 aliphatic rings. The minimum atomic E-state index is -0.931. The van der Waals surface area contributed by atoms with Gasteiger partial charge in [0.25, 0.3) is 0 Å². The fourth-order valence-corrected chi connectivity index (χ4v) is 1.56. The van der Waals surface area contributed by atoms with Gasteiger partial charge in [-0.05, 0) is 30.2 Å². The van der Waals surface area contributed by atoms with Crippen LogP contribution >= 0.6 is 0 Å². The Morgan fingerprint density at radius 1 is 1.17 bits per heavy atom. The highest BCUT2D eigenvalue weighted by molar-refractivity contribution is 5.26. The SMILES string of the molecule is Cc1cnc(C(NN)c2ccc(F)c(F)c2)nc1. The van der Waals surface area contributed by atoms with Gasteiger partial charge in [-0.3, -0.25) is 5.84 Å². The quantitative estimate of drug-likeness (QED) is 0.641. The Bertz CT molecular complexity index is 542. The van der Waals surface area contributed by atoms with Gasteiger partial charge in [0, 0.05) is 12.4 Å². The number of nitrogens with one attached hydrogen (secondary N) is 1. The molecule has 0 fully saturated rings. The van der Waals surface area contributed by atoms with Crippen molar-refractivity contribution in [2.24, 2.45) is 5.84 Å². The molecule has 1 aromatic heterocycles. The number of hydrogen-bond donors (Lipinski definition) is 2. The zero-order chi connectivity index (χ0) is 13.1. The summed E-state index contributed by atoms with van der Waals surface area (Å²) in [7, 11) is 0. The third-order valence-corrected chi connectivity index (χ3v) is 2.50. The summed E-state index contributed by atoms with van der Waals surface area (Å²) in [6.07, 6.45) is 3.26. The van der Waals surface area contributed by atoms with Crippen molar-refractivity contribution >= 4 is 0 Å². The lowest BCUT2D eigenvalue weighted by atomic mass is 10.1. The standard InChI is InChI=1S/C12H12F2N4/c1-7-5-16-12(17-6-7)11(18-15)8-2-3-9(13)10(14)4-8/h2-6,11,18H,15H2,1H3. The molecule has 0 aliphatic heterocycles. The van der Waals surface area contributed by atoms with Crippen LogP contribution in [0.3, 0.4) is 0 Å². The van der Waals surface area contributed by atoms with E-state index in [2.05, 4.69) is 15.4 Å². The van der Waals surface area contributed by atoms with Crippen molar-refractivity contribution in [3.05, 3.63) is 59.2 Å². The molecule has 1 aromatic carbocycles. The van der Waals surface area contributed by atoms with Crippen LogP contribution < -0.4 is 11.3 Å². The monoisotopic (exact) mass is 250 g/mol. The zero-order valence-electron chi connectivity index (χ0n) is 9.69. The summed E-state index contributed by atoms with van der Waals surface area (Å²) in [6.45, 7) is 1.85. The molecule has 18 heavy (non-hydrogen) atoms. The number of hydrogen-bond acceptors (Lipinski definition) is 4. The first-order chi connectivity index (χ1) is 8.61. The molecule has 6 heteroatoms. The maximum absolute atomic E-state index is 13.2. The summed E-state index contributed by atoms with van der Waals surface area (Å²) in [5, 5.41) is 0. The molecule has 0 aliphatic carbocycles. The predicted octanol–water partition coefficient (Wildman–Crippen LogP) is 1.62. The second-order valence-corrected chi connectivity index (χ2v) is 3.89. The van der Waals surface area contributed by atoms with Crippen molar-refractivity contribution in [3.8, 4) is 0 Å². The van der Waals surface area contributed by atoms with Crippen molar-refractivity contribution in [3.63, 3.8) is 0 Å². The van der Waals surface area contributed by atoms with Gasteiger partial charge in [-0.2, -0.15) is 0 Å². The molecule has 1 heterocycles. The maximum atomic E-state index is 13.2. The normalized spacial score (nSPS) is 12.4. The second-order valence-electron chi connectivity index (χ2n) is 3.89. The van der Waals surface area contributed by atoms with E-state index in [1.54, 1.807) is 12.4 Å². The molecule has 0 saturated carbocycles. The Balaban J connectivity index is 2.38. The van der Waals surface area contributed by atoms with Crippen molar-refractivity contribution in [1.82, 2.24) is 15.4 Å². The Morgan fingerprint density at radius 3 is 2.39 bits per heavy atom. The molecule has 0 amide bonds. The lowest BCUT2D eigenvalue weighted by Gasteiger charge is -2.15. The molecule has 3 N–H and O–H groups in total.